The molecule has 1 aliphatic heterocycles. The van der Waals surface area contributed by atoms with Gasteiger partial charge in [-0.15, -0.1) is 0 Å². The summed E-state index contributed by atoms with van der Waals surface area (Å²) in [5.74, 6) is 0.136. The molecule has 3 aromatic rings. The summed E-state index contributed by atoms with van der Waals surface area (Å²) in [6, 6.07) is 20.8. The van der Waals surface area contributed by atoms with Crippen molar-refractivity contribution in [2.24, 2.45) is 0 Å². The second kappa shape index (κ2) is 9.08. The van der Waals surface area contributed by atoms with Gasteiger partial charge in [0.25, 0.3) is 0 Å². The maximum Gasteiger partial charge on any atom is 0.317 e. The predicted octanol–water partition coefficient (Wildman–Crippen LogP) is 4.37. The van der Waals surface area contributed by atoms with E-state index < -0.39 is 0 Å². The van der Waals surface area contributed by atoms with Crippen molar-refractivity contribution in [3.8, 4) is 17.1 Å². The molecule has 4 rings (SSSR count). The molecule has 5 nitrogen and oxygen atoms in total. The molecule has 1 unspecified atom stereocenters. The first kappa shape index (κ1) is 20.1. The molecule has 5 heteroatoms. The number of likely N-dealkylation sites (tertiary alicyclic amines) is 1. The van der Waals surface area contributed by atoms with Crippen molar-refractivity contribution < 1.29 is 9.53 Å². The maximum atomic E-state index is 12.9. The largest absolute Gasteiger partial charge is 0.458 e. The van der Waals surface area contributed by atoms with E-state index in [1.54, 1.807) is 0 Å². The molecule has 1 amide bonds. The number of aromatic nitrogens is 2. The molecule has 30 heavy (non-hydrogen) atoms. The average molecular weight is 402 g/mol. The second-order valence-corrected chi connectivity index (χ2v) is 7.89. The van der Waals surface area contributed by atoms with Gasteiger partial charge in [-0.1, -0.05) is 54.6 Å². The number of hydrogen-bond donors (Lipinski definition) is 0. The Morgan fingerprint density at radius 3 is 2.37 bits per heavy atom. The monoisotopic (exact) mass is 401 g/mol. The van der Waals surface area contributed by atoms with E-state index >= 15 is 0 Å². The van der Waals surface area contributed by atoms with Crippen molar-refractivity contribution in [3.05, 3.63) is 77.6 Å². The zero-order valence-electron chi connectivity index (χ0n) is 17.5. The molecular formula is C25H27N3O2. The van der Waals surface area contributed by atoms with Crippen molar-refractivity contribution in [1.82, 2.24) is 14.9 Å². The number of piperidine rings is 1. The van der Waals surface area contributed by atoms with Gasteiger partial charge in [0.2, 0.25) is 5.91 Å². The quantitative estimate of drug-likeness (QED) is 0.637. The van der Waals surface area contributed by atoms with Gasteiger partial charge in [-0.3, -0.25) is 4.79 Å². The van der Waals surface area contributed by atoms with Gasteiger partial charge < -0.3 is 9.64 Å². The minimum absolute atomic E-state index is 0.0654. The first-order chi connectivity index (χ1) is 14.6. The molecule has 0 saturated carbocycles. The SMILES string of the molecule is Cc1cc(C)nc(OC2CCCN(C(=O)Cc3ccc(-c4ccccc4)cc3)C2)n1. The number of nitrogens with zero attached hydrogens (tertiary/aromatic N) is 3. The Morgan fingerprint density at radius 1 is 1.00 bits per heavy atom. The zero-order chi connectivity index (χ0) is 20.9. The highest BCUT2D eigenvalue weighted by atomic mass is 16.5. The van der Waals surface area contributed by atoms with Crippen molar-refractivity contribution in [1.29, 1.82) is 0 Å². The van der Waals surface area contributed by atoms with Crippen LogP contribution in [0.2, 0.25) is 0 Å². The summed E-state index contributed by atoms with van der Waals surface area (Å²) in [4.78, 5) is 23.5. The number of ether oxygens (including phenoxy) is 1. The van der Waals surface area contributed by atoms with Crippen LogP contribution in [0.3, 0.4) is 0 Å². The van der Waals surface area contributed by atoms with Crippen LogP contribution >= 0.6 is 0 Å². The molecule has 1 saturated heterocycles. The molecule has 1 atom stereocenters. The van der Waals surface area contributed by atoms with E-state index in [1.165, 1.54) is 5.56 Å². The van der Waals surface area contributed by atoms with E-state index in [0.29, 0.717) is 19.0 Å². The molecule has 0 radical (unpaired) electrons. The standard InChI is InChI=1S/C25H27N3O2/c1-18-15-19(2)27-25(26-18)30-23-9-6-14-28(17-23)24(29)16-20-10-12-22(13-11-20)21-7-4-3-5-8-21/h3-5,7-8,10-13,15,23H,6,9,14,16-17H2,1-2H3. The van der Waals surface area contributed by atoms with Gasteiger partial charge in [-0.2, -0.15) is 0 Å². The van der Waals surface area contributed by atoms with Crippen LogP contribution in [-0.4, -0.2) is 40.0 Å². The maximum absolute atomic E-state index is 12.9. The summed E-state index contributed by atoms with van der Waals surface area (Å²) in [6.45, 7) is 5.22. The van der Waals surface area contributed by atoms with Gasteiger partial charge in [0, 0.05) is 17.9 Å². The van der Waals surface area contributed by atoms with Crippen LogP contribution in [0.1, 0.15) is 29.8 Å². The third-order valence-corrected chi connectivity index (χ3v) is 5.38. The first-order valence-corrected chi connectivity index (χ1v) is 10.5. The van der Waals surface area contributed by atoms with E-state index in [-0.39, 0.29) is 12.0 Å². The summed E-state index contributed by atoms with van der Waals surface area (Å²) < 4.78 is 6.00. The Morgan fingerprint density at radius 2 is 1.67 bits per heavy atom. The van der Waals surface area contributed by atoms with Crippen molar-refractivity contribution >= 4 is 5.91 Å². The Kier molecular flexibility index (Phi) is 6.07. The highest BCUT2D eigenvalue weighted by molar-refractivity contribution is 5.79. The normalized spacial score (nSPS) is 16.3. The van der Waals surface area contributed by atoms with Gasteiger partial charge in [-0.25, -0.2) is 9.97 Å². The third kappa shape index (κ3) is 5.03. The van der Waals surface area contributed by atoms with Crippen LogP contribution in [0.4, 0.5) is 0 Å². The van der Waals surface area contributed by atoms with E-state index in [4.69, 9.17) is 4.74 Å². The van der Waals surface area contributed by atoms with Crippen LogP contribution < -0.4 is 4.74 Å². The molecule has 1 fully saturated rings. The van der Waals surface area contributed by atoms with E-state index in [0.717, 1.165) is 41.9 Å². The van der Waals surface area contributed by atoms with E-state index in [9.17, 15) is 4.79 Å². The smallest absolute Gasteiger partial charge is 0.317 e. The lowest BCUT2D eigenvalue weighted by Gasteiger charge is -2.32. The molecule has 2 heterocycles. The van der Waals surface area contributed by atoms with Crippen molar-refractivity contribution in [3.63, 3.8) is 0 Å². The van der Waals surface area contributed by atoms with Crippen LogP contribution in [0.15, 0.2) is 60.7 Å². The third-order valence-electron chi connectivity index (χ3n) is 5.38. The zero-order valence-corrected chi connectivity index (χ0v) is 17.5. The van der Waals surface area contributed by atoms with Crippen molar-refractivity contribution in [2.45, 2.75) is 39.2 Å². The fourth-order valence-electron chi connectivity index (χ4n) is 3.89. The summed E-state index contributed by atoms with van der Waals surface area (Å²) >= 11 is 0. The number of hydrogen-bond acceptors (Lipinski definition) is 4. The lowest BCUT2D eigenvalue weighted by Crippen LogP contribution is -2.45. The number of amides is 1. The van der Waals surface area contributed by atoms with Gasteiger partial charge in [0.05, 0.1) is 13.0 Å². The predicted molar refractivity (Wildman–Crippen MR) is 117 cm³/mol. The topological polar surface area (TPSA) is 55.3 Å². The number of carbonyl (C=O) groups is 1. The first-order valence-electron chi connectivity index (χ1n) is 10.5. The van der Waals surface area contributed by atoms with E-state index in [1.807, 2.05) is 55.1 Å². The van der Waals surface area contributed by atoms with E-state index in [2.05, 4.69) is 34.2 Å². The van der Waals surface area contributed by atoms with Gasteiger partial charge in [0.1, 0.15) is 6.10 Å². The minimum atomic E-state index is -0.0654. The molecule has 1 aromatic heterocycles. The molecule has 0 bridgehead atoms. The van der Waals surface area contributed by atoms with Crippen LogP contribution in [0, 0.1) is 13.8 Å². The second-order valence-electron chi connectivity index (χ2n) is 7.89. The number of aryl methyl sites for hydroxylation is 2. The summed E-state index contributed by atoms with van der Waals surface area (Å²) in [6.07, 6.45) is 2.17. The fraction of sp³-hybridized carbons (Fsp3) is 0.320. The summed E-state index contributed by atoms with van der Waals surface area (Å²) in [5.41, 5.74) is 5.15. The Hall–Kier alpha value is -3.21. The molecule has 0 spiro atoms. The number of benzene rings is 2. The Labute approximate surface area is 177 Å². The molecule has 0 aliphatic carbocycles. The number of rotatable bonds is 5. The highest BCUT2D eigenvalue weighted by Crippen LogP contribution is 2.21. The molecular weight excluding hydrogens is 374 g/mol. The Bertz CT molecular complexity index is 982. The van der Waals surface area contributed by atoms with Gasteiger partial charge in [0.15, 0.2) is 0 Å². The Balaban J connectivity index is 1.36. The molecule has 154 valence electrons. The molecule has 1 aliphatic rings. The van der Waals surface area contributed by atoms with Crippen LogP contribution in [-0.2, 0) is 11.2 Å². The summed E-state index contributed by atoms with van der Waals surface area (Å²) in [7, 11) is 0. The lowest BCUT2D eigenvalue weighted by molar-refractivity contribution is -0.133. The highest BCUT2D eigenvalue weighted by Gasteiger charge is 2.25. The molecule has 0 N–H and O–H groups in total. The minimum Gasteiger partial charge on any atom is -0.458 e. The lowest BCUT2D eigenvalue weighted by atomic mass is 10.0. The van der Waals surface area contributed by atoms with Gasteiger partial charge in [-0.05, 0) is 49.4 Å². The van der Waals surface area contributed by atoms with Crippen LogP contribution in [0.5, 0.6) is 6.01 Å². The molecule has 2 aromatic carbocycles. The van der Waals surface area contributed by atoms with Crippen LogP contribution in [0.25, 0.3) is 11.1 Å². The number of carbonyl (C=O) groups excluding carboxylic acids is 1. The van der Waals surface area contributed by atoms with Crippen molar-refractivity contribution in [2.75, 3.05) is 13.1 Å². The summed E-state index contributed by atoms with van der Waals surface area (Å²) in [5, 5.41) is 0. The fourth-order valence-corrected chi connectivity index (χ4v) is 3.89. The average Bonchev–Trinajstić information content (AvgIpc) is 2.74. The van der Waals surface area contributed by atoms with Gasteiger partial charge >= 0.3 is 6.01 Å².